The first-order valence-corrected chi connectivity index (χ1v) is 5.10. The molecule has 0 aromatic rings. The Morgan fingerprint density at radius 2 is 1.57 bits per heavy atom. The minimum absolute atomic E-state index is 0.584. The molecule has 0 atom stereocenters. The Morgan fingerprint density at radius 3 is 2.21 bits per heavy atom. The van der Waals surface area contributed by atoms with Gasteiger partial charge >= 0.3 is 0 Å². The van der Waals surface area contributed by atoms with Gasteiger partial charge in [-0.25, -0.2) is 0 Å². The monoisotopic (exact) mass is 183 g/mol. The van der Waals surface area contributed by atoms with Crippen LogP contribution < -0.4 is 0 Å². The molecule has 0 saturated heterocycles. The van der Waals surface area contributed by atoms with E-state index >= 15 is 0 Å². The smallest absolute Gasteiger partial charge is 0.0564 e. The molecule has 0 aromatic heterocycles. The lowest BCUT2D eigenvalue weighted by Gasteiger charge is -2.30. The van der Waals surface area contributed by atoms with Crippen LogP contribution in [0.1, 0.15) is 13.8 Å². The van der Waals surface area contributed by atoms with Crippen molar-refractivity contribution in [3.63, 3.8) is 0 Å². The van der Waals surface area contributed by atoms with Crippen LogP contribution in [0.25, 0.3) is 0 Å². The van der Waals surface area contributed by atoms with Gasteiger partial charge in [0.15, 0.2) is 0 Å². The van der Waals surface area contributed by atoms with Crippen LogP contribution in [0.15, 0.2) is 59.8 Å². The van der Waals surface area contributed by atoms with Crippen LogP contribution in [0.5, 0.6) is 0 Å². The van der Waals surface area contributed by atoms with E-state index in [1.165, 1.54) is 17.1 Å². The Hall–Kier alpha value is -1.43. The van der Waals surface area contributed by atoms with E-state index in [4.69, 9.17) is 0 Å². The predicted octanol–water partition coefficient (Wildman–Crippen LogP) is 3.77. The zero-order chi connectivity index (χ0) is 9.97. The highest BCUT2D eigenvalue weighted by molar-refractivity contribution is 5.57. The van der Waals surface area contributed by atoms with Gasteiger partial charge in [0.25, 0.3) is 0 Å². The molecule has 0 aliphatic heterocycles. The molecule has 0 nitrogen and oxygen atoms in total. The number of rotatable bonds is 1. The van der Waals surface area contributed by atoms with Gasteiger partial charge in [0, 0.05) is 0 Å². The Balaban J connectivity index is 2.38. The van der Waals surface area contributed by atoms with Crippen molar-refractivity contribution >= 4 is 0 Å². The quantitative estimate of drug-likeness (QED) is 0.543. The first-order valence-electron chi connectivity index (χ1n) is 5.10. The Morgan fingerprint density at radius 1 is 0.929 bits per heavy atom. The Labute approximate surface area is 86.0 Å². The molecule has 72 valence electrons. The first kappa shape index (κ1) is 9.14. The van der Waals surface area contributed by atoms with E-state index in [1.54, 1.807) is 0 Å². The van der Waals surface area contributed by atoms with Gasteiger partial charge in [-0.05, 0) is 0 Å². The Bertz CT molecular complexity index is 345. The predicted molar refractivity (Wildman–Crippen MR) is 61.7 cm³/mol. The molecule has 0 bridgehead atoms. The maximum Gasteiger partial charge on any atom is -0.0564 e. The number of hydrogen-bond acceptors (Lipinski definition) is 0. The van der Waals surface area contributed by atoms with Crippen LogP contribution in [0.3, 0.4) is 0 Å². The van der Waals surface area contributed by atoms with Gasteiger partial charge in [-0.3, -0.25) is 0 Å². The third-order valence-corrected chi connectivity index (χ3v) is 2.56. The van der Waals surface area contributed by atoms with Gasteiger partial charge in [-0.1, -0.05) is 49.6 Å². The molecule has 0 fully saturated rings. The highest BCUT2D eigenvalue weighted by Crippen LogP contribution is 2.32. The van der Waals surface area contributed by atoms with Crippen molar-refractivity contribution in [3.8, 4) is 0 Å². The molecule has 2 aliphatic rings. The van der Waals surface area contributed by atoms with Gasteiger partial charge in [0.2, 0.25) is 0 Å². The third-order valence-electron chi connectivity index (χ3n) is 2.56. The van der Waals surface area contributed by atoms with Crippen LogP contribution in [0, 0.1) is 11.8 Å². The molecule has 0 unspecified atom stereocenters. The first-order chi connectivity index (χ1) is 6.79. The maximum absolute atomic E-state index is 2.24. The largest absolute Gasteiger partial charge is 0.145 e. The van der Waals surface area contributed by atoms with Gasteiger partial charge in [-0.2, -0.15) is 0 Å². The average molecular weight is 183 g/mol. The number of allylic oxidation sites excluding steroid dienone is 10. The standard InChI is InChI=1S/C14H15/c1-11(2)13-9-5-6-10-14(13)12-7-3-4-8-12/h3-11H,1-2H3/q-1. The lowest BCUT2D eigenvalue weighted by Crippen LogP contribution is -2.08. The van der Waals surface area contributed by atoms with E-state index < -0.39 is 0 Å². The van der Waals surface area contributed by atoms with Crippen molar-refractivity contribution in [2.24, 2.45) is 5.92 Å². The van der Waals surface area contributed by atoms with Crippen molar-refractivity contribution in [2.45, 2.75) is 13.8 Å². The molecule has 0 heteroatoms. The minimum Gasteiger partial charge on any atom is -0.145 e. The van der Waals surface area contributed by atoms with Gasteiger partial charge in [0.05, 0.1) is 0 Å². The molecule has 0 aromatic carbocycles. The summed E-state index contributed by atoms with van der Waals surface area (Å²) in [5, 5.41) is 0. The molecule has 2 rings (SSSR count). The lowest BCUT2D eigenvalue weighted by atomic mass is 9.83. The van der Waals surface area contributed by atoms with Crippen LogP contribution in [-0.4, -0.2) is 0 Å². The molecule has 0 heterocycles. The molecule has 14 heavy (non-hydrogen) atoms. The zero-order valence-electron chi connectivity index (χ0n) is 8.70. The second-order valence-corrected chi connectivity index (χ2v) is 3.92. The summed E-state index contributed by atoms with van der Waals surface area (Å²) in [6.07, 6.45) is 17.1. The summed E-state index contributed by atoms with van der Waals surface area (Å²) in [5.41, 5.74) is 2.70. The van der Waals surface area contributed by atoms with Crippen molar-refractivity contribution in [3.05, 3.63) is 65.7 Å². The second kappa shape index (κ2) is 3.75. The highest BCUT2D eigenvalue weighted by atomic mass is 14.2. The van der Waals surface area contributed by atoms with Gasteiger partial charge in [-0.15, -0.1) is 35.8 Å². The Kier molecular flexibility index (Phi) is 2.45. The van der Waals surface area contributed by atoms with E-state index in [2.05, 4.69) is 62.5 Å². The second-order valence-electron chi connectivity index (χ2n) is 3.92. The van der Waals surface area contributed by atoms with E-state index in [-0.39, 0.29) is 0 Å². The van der Waals surface area contributed by atoms with E-state index in [9.17, 15) is 0 Å². The van der Waals surface area contributed by atoms with Crippen molar-refractivity contribution in [2.75, 3.05) is 0 Å². The molecular weight excluding hydrogens is 168 g/mol. The molecular formula is C14H15-. The van der Waals surface area contributed by atoms with Gasteiger partial charge < -0.3 is 0 Å². The van der Waals surface area contributed by atoms with Crippen LogP contribution in [0.4, 0.5) is 0 Å². The summed E-state index contributed by atoms with van der Waals surface area (Å²) in [7, 11) is 0. The molecule has 2 aliphatic carbocycles. The SMILES string of the molecule is CC(C)[C-]1C=CC=CC1=C1C=CC=C1. The van der Waals surface area contributed by atoms with E-state index in [0.29, 0.717) is 5.92 Å². The summed E-state index contributed by atoms with van der Waals surface area (Å²) < 4.78 is 0. The van der Waals surface area contributed by atoms with Crippen molar-refractivity contribution in [1.82, 2.24) is 0 Å². The zero-order valence-corrected chi connectivity index (χ0v) is 8.70. The fourth-order valence-corrected chi connectivity index (χ4v) is 1.82. The molecule has 0 saturated carbocycles. The molecule has 0 radical (unpaired) electrons. The summed E-state index contributed by atoms with van der Waals surface area (Å²) in [6.45, 7) is 4.48. The summed E-state index contributed by atoms with van der Waals surface area (Å²) >= 11 is 0. The van der Waals surface area contributed by atoms with Crippen LogP contribution in [-0.2, 0) is 0 Å². The maximum atomic E-state index is 2.24. The third kappa shape index (κ3) is 1.60. The normalized spacial score (nSPS) is 19.2. The number of hydrogen-bond donors (Lipinski definition) is 0. The fourth-order valence-electron chi connectivity index (χ4n) is 1.82. The van der Waals surface area contributed by atoms with Crippen LogP contribution >= 0.6 is 0 Å². The lowest BCUT2D eigenvalue weighted by molar-refractivity contribution is 0.716. The van der Waals surface area contributed by atoms with Crippen LogP contribution in [0.2, 0.25) is 0 Å². The van der Waals surface area contributed by atoms with Crippen molar-refractivity contribution < 1.29 is 0 Å². The van der Waals surface area contributed by atoms with E-state index in [1.807, 2.05) is 0 Å². The van der Waals surface area contributed by atoms with Crippen molar-refractivity contribution in [1.29, 1.82) is 0 Å². The van der Waals surface area contributed by atoms with Gasteiger partial charge in [0.1, 0.15) is 0 Å². The summed E-state index contributed by atoms with van der Waals surface area (Å²) in [4.78, 5) is 0. The minimum atomic E-state index is 0.584. The van der Waals surface area contributed by atoms with E-state index in [0.717, 1.165) is 0 Å². The molecule has 0 spiro atoms. The highest BCUT2D eigenvalue weighted by Gasteiger charge is 2.09. The summed E-state index contributed by atoms with van der Waals surface area (Å²) in [5.74, 6) is 2.01. The summed E-state index contributed by atoms with van der Waals surface area (Å²) in [6, 6.07) is 0. The fraction of sp³-hybridized carbons (Fsp3) is 0.214. The molecule has 0 amide bonds. The topological polar surface area (TPSA) is 0 Å². The molecule has 0 N–H and O–H groups in total. The average Bonchev–Trinajstić information content (AvgIpc) is 2.70.